The molecule has 2 saturated carbocycles. The van der Waals surface area contributed by atoms with E-state index in [2.05, 4.69) is 50.2 Å². The van der Waals surface area contributed by atoms with Crippen LogP contribution in [-0.2, 0) is 6.42 Å². The Bertz CT molecular complexity index is 875. The molecule has 0 spiro atoms. The Hall–Kier alpha value is -1.80. The predicted molar refractivity (Wildman–Crippen MR) is 117 cm³/mol. The predicted octanol–water partition coefficient (Wildman–Crippen LogP) is 6.03. The molecular formula is C27H34O2. The van der Waals surface area contributed by atoms with E-state index in [1.165, 1.54) is 29.5 Å². The SMILES string of the molecule is CCC[C@H]1[C@H]2[C@H]3[C@H](CC[C@]2(C)C[C@@H]1O)c1ccc(O)cc1C[C@H]3c1ccccc1. The minimum absolute atomic E-state index is 0.152. The van der Waals surface area contributed by atoms with Gasteiger partial charge in [-0.25, -0.2) is 0 Å². The smallest absolute Gasteiger partial charge is 0.115 e. The molecule has 2 aromatic rings. The number of benzene rings is 2. The number of phenols is 1. The van der Waals surface area contributed by atoms with Gasteiger partial charge >= 0.3 is 0 Å². The summed E-state index contributed by atoms with van der Waals surface area (Å²) in [6, 6.07) is 17.1. The van der Waals surface area contributed by atoms with Gasteiger partial charge in [0.2, 0.25) is 0 Å². The van der Waals surface area contributed by atoms with Gasteiger partial charge in [-0.2, -0.15) is 0 Å². The van der Waals surface area contributed by atoms with Crippen LogP contribution < -0.4 is 0 Å². The number of hydrogen-bond donors (Lipinski definition) is 2. The van der Waals surface area contributed by atoms with Crippen molar-refractivity contribution in [1.29, 1.82) is 0 Å². The summed E-state index contributed by atoms with van der Waals surface area (Å²) in [7, 11) is 0. The molecule has 0 bridgehead atoms. The number of aliphatic hydroxyl groups excluding tert-OH is 1. The standard InChI is InChI=1S/C27H34O2/c1-3-7-22-24(29)16-27(2)13-12-21-20-11-10-19(28)14-18(20)15-23(25(21)26(22)27)17-8-5-4-6-9-17/h4-6,8-11,14,21-26,28-29H,3,7,12-13,15-16H2,1-2H3/t21-,22-,23+,24+,25+,26+,27-/m1/s1. The largest absolute Gasteiger partial charge is 0.508 e. The van der Waals surface area contributed by atoms with Crippen LogP contribution in [0.5, 0.6) is 5.75 Å². The maximum atomic E-state index is 11.1. The van der Waals surface area contributed by atoms with Gasteiger partial charge < -0.3 is 10.2 Å². The highest BCUT2D eigenvalue weighted by Gasteiger charge is 2.59. The molecule has 0 radical (unpaired) electrons. The Balaban J connectivity index is 1.65. The number of aliphatic hydroxyl groups is 1. The summed E-state index contributed by atoms with van der Waals surface area (Å²) < 4.78 is 0. The molecular weight excluding hydrogens is 356 g/mol. The van der Waals surface area contributed by atoms with Crippen LogP contribution in [0.1, 0.15) is 74.5 Å². The van der Waals surface area contributed by atoms with Crippen molar-refractivity contribution in [2.24, 2.45) is 23.2 Å². The Morgan fingerprint density at radius 1 is 1.07 bits per heavy atom. The van der Waals surface area contributed by atoms with Crippen molar-refractivity contribution in [3.8, 4) is 5.75 Å². The van der Waals surface area contributed by atoms with Gasteiger partial charge in [0.1, 0.15) is 5.75 Å². The molecule has 2 heteroatoms. The molecule has 2 aromatic carbocycles. The van der Waals surface area contributed by atoms with E-state index in [1.54, 1.807) is 0 Å². The molecule has 3 aliphatic carbocycles. The molecule has 29 heavy (non-hydrogen) atoms. The number of hydrogen-bond acceptors (Lipinski definition) is 2. The lowest BCUT2D eigenvalue weighted by atomic mass is 9.50. The van der Waals surface area contributed by atoms with Crippen LogP contribution in [0.25, 0.3) is 0 Å². The maximum absolute atomic E-state index is 11.1. The molecule has 0 amide bonds. The Labute approximate surface area is 175 Å². The van der Waals surface area contributed by atoms with Crippen LogP contribution in [0.15, 0.2) is 48.5 Å². The fourth-order valence-electron chi connectivity index (χ4n) is 7.61. The highest BCUT2D eigenvalue weighted by molar-refractivity contribution is 5.43. The molecule has 0 saturated heterocycles. The van der Waals surface area contributed by atoms with Gasteiger partial charge in [-0.3, -0.25) is 0 Å². The summed E-state index contributed by atoms with van der Waals surface area (Å²) in [6.45, 7) is 4.72. The molecule has 2 fully saturated rings. The van der Waals surface area contributed by atoms with E-state index in [0.717, 1.165) is 25.7 Å². The van der Waals surface area contributed by atoms with Crippen molar-refractivity contribution < 1.29 is 10.2 Å². The monoisotopic (exact) mass is 390 g/mol. The molecule has 0 heterocycles. The number of phenolic OH excluding ortho intramolecular Hbond substituents is 1. The normalized spacial score (nSPS) is 38.2. The van der Waals surface area contributed by atoms with E-state index in [1.807, 2.05) is 12.1 Å². The van der Waals surface area contributed by atoms with E-state index in [4.69, 9.17) is 0 Å². The van der Waals surface area contributed by atoms with Crippen LogP contribution in [-0.4, -0.2) is 16.3 Å². The quantitative estimate of drug-likeness (QED) is 0.672. The number of fused-ring (bicyclic) bond motifs is 5. The van der Waals surface area contributed by atoms with Gasteiger partial charge in [0.05, 0.1) is 6.10 Å². The zero-order valence-electron chi connectivity index (χ0n) is 17.7. The van der Waals surface area contributed by atoms with Crippen molar-refractivity contribution in [3.05, 3.63) is 65.2 Å². The summed E-state index contributed by atoms with van der Waals surface area (Å²) in [5, 5.41) is 21.2. The van der Waals surface area contributed by atoms with Gasteiger partial charge in [-0.15, -0.1) is 0 Å². The lowest BCUT2D eigenvalue weighted by Crippen LogP contribution is -2.45. The molecule has 2 N–H and O–H groups in total. The Morgan fingerprint density at radius 2 is 1.86 bits per heavy atom. The first-order valence-corrected chi connectivity index (χ1v) is 11.6. The van der Waals surface area contributed by atoms with Crippen LogP contribution in [0.3, 0.4) is 0 Å². The van der Waals surface area contributed by atoms with E-state index in [9.17, 15) is 10.2 Å². The summed E-state index contributed by atoms with van der Waals surface area (Å²) in [6.07, 6.45) is 6.50. The van der Waals surface area contributed by atoms with Crippen molar-refractivity contribution >= 4 is 0 Å². The van der Waals surface area contributed by atoms with Crippen LogP contribution in [0.4, 0.5) is 0 Å². The van der Waals surface area contributed by atoms with Gasteiger partial charge in [-0.05, 0) is 95.9 Å². The average molecular weight is 391 g/mol. The molecule has 7 atom stereocenters. The van der Waals surface area contributed by atoms with E-state index in [0.29, 0.717) is 35.3 Å². The number of rotatable bonds is 3. The van der Waals surface area contributed by atoms with E-state index < -0.39 is 0 Å². The van der Waals surface area contributed by atoms with Gasteiger partial charge in [0, 0.05) is 0 Å². The van der Waals surface area contributed by atoms with Gasteiger partial charge in [0.25, 0.3) is 0 Å². The van der Waals surface area contributed by atoms with Gasteiger partial charge in [-0.1, -0.05) is 56.7 Å². The van der Waals surface area contributed by atoms with Crippen molar-refractivity contribution in [2.75, 3.05) is 0 Å². The molecule has 0 unspecified atom stereocenters. The van der Waals surface area contributed by atoms with E-state index >= 15 is 0 Å². The summed E-state index contributed by atoms with van der Waals surface area (Å²) in [5.74, 6) is 2.94. The average Bonchev–Trinajstić information content (AvgIpc) is 2.97. The second-order valence-corrected chi connectivity index (χ2v) is 10.2. The first-order chi connectivity index (χ1) is 14.0. The Morgan fingerprint density at radius 3 is 2.62 bits per heavy atom. The Kier molecular flexibility index (Phi) is 4.74. The topological polar surface area (TPSA) is 40.5 Å². The molecule has 3 aliphatic rings. The highest BCUT2D eigenvalue weighted by Crippen LogP contribution is 2.66. The van der Waals surface area contributed by atoms with Crippen molar-refractivity contribution in [2.45, 2.75) is 70.3 Å². The third kappa shape index (κ3) is 3.03. The first kappa shape index (κ1) is 19.2. The summed E-state index contributed by atoms with van der Waals surface area (Å²) in [4.78, 5) is 0. The lowest BCUT2D eigenvalue weighted by molar-refractivity contribution is 0.0149. The highest BCUT2D eigenvalue weighted by atomic mass is 16.3. The lowest BCUT2D eigenvalue weighted by Gasteiger charge is -2.54. The zero-order chi connectivity index (χ0) is 20.2. The van der Waals surface area contributed by atoms with Crippen LogP contribution in [0, 0.1) is 23.2 Å². The number of aromatic hydroxyl groups is 1. The third-order valence-electron chi connectivity index (χ3n) is 8.62. The van der Waals surface area contributed by atoms with E-state index in [-0.39, 0.29) is 11.5 Å². The van der Waals surface area contributed by atoms with Gasteiger partial charge in [0.15, 0.2) is 0 Å². The minimum atomic E-state index is -0.152. The van der Waals surface area contributed by atoms with Crippen molar-refractivity contribution in [1.82, 2.24) is 0 Å². The maximum Gasteiger partial charge on any atom is 0.115 e. The molecule has 0 aromatic heterocycles. The third-order valence-corrected chi connectivity index (χ3v) is 8.62. The fraction of sp³-hybridized carbons (Fsp3) is 0.556. The molecule has 0 aliphatic heterocycles. The zero-order valence-corrected chi connectivity index (χ0v) is 17.7. The molecule has 154 valence electrons. The summed E-state index contributed by atoms with van der Waals surface area (Å²) in [5.41, 5.74) is 4.47. The molecule has 2 nitrogen and oxygen atoms in total. The van der Waals surface area contributed by atoms with Crippen LogP contribution in [0.2, 0.25) is 0 Å². The first-order valence-electron chi connectivity index (χ1n) is 11.6. The molecule has 5 rings (SSSR count). The summed E-state index contributed by atoms with van der Waals surface area (Å²) >= 11 is 0. The fourth-order valence-corrected chi connectivity index (χ4v) is 7.61. The second-order valence-electron chi connectivity index (χ2n) is 10.2. The minimum Gasteiger partial charge on any atom is -0.508 e. The van der Waals surface area contributed by atoms with Crippen molar-refractivity contribution in [3.63, 3.8) is 0 Å². The van der Waals surface area contributed by atoms with Crippen LogP contribution >= 0.6 is 0 Å². The second kappa shape index (κ2) is 7.16.